The number of likely N-dealkylation sites (tertiary alicyclic amines) is 3. The van der Waals surface area contributed by atoms with Crippen LogP contribution in [0.4, 0.5) is 0 Å². The predicted molar refractivity (Wildman–Crippen MR) is 101 cm³/mol. The maximum atomic E-state index is 2.80. The zero-order valence-electron chi connectivity index (χ0n) is 16.4. The van der Waals surface area contributed by atoms with Crippen molar-refractivity contribution in [3.8, 4) is 0 Å². The lowest BCUT2D eigenvalue weighted by molar-refractivity contribution is 0.0278. The van der Waals surface area contributed by atoms with Gasteiger partial charge in [-0.2, -0.15) is 0 Å². The molecular weight excluding hydrogens is 294 g/mol. The number of rotatable bonds is 6. The van der Waals surface area contributed by atoms with Crippen molar-refractivity contribution in [1.82, 2.24) is 14.7 Å². The molecule has 0 aromatic rings. The molecule has 3 heteroatoms. The van der Waals surface area contributed by atoms with Crippen LogP contribution in [0, 0.1) is 22.7 Å². The SMILES string of the molecule is CC(C)CC1(CN2CCC(CN3CCC4(CN(C)C4)C3)CC2)CC1. The summed E-state index contributed by atoms with van der Waals surface area (Å²) in [4.78, 5) is 8.10. The van der Waals surface area contributed by atoms with Crippen LogP contribution in [-0.4, -0.2) is 74.1 Å². The van der Waals surface area contributed by atoms with Gasteiger partial charge in [-0.1, -0.05) is 13.8 Å². The molecule has 3 saturated heterocycles. The van der Waals surface area contributed by atoms with Crippen LogP contribution in [0.25, 0.3) is 0 Å². The van der Waals surface area contributed by atoms with E-state index < -0.39 is 0 Å². The molecule has 4 aliphatic rings. The highest BCUT2D eigenvalue weighted by Gasteiger charge is 2.46. The van der Waals surface area contributed by atoms with Gasteiger partial charge < -0.3 is 14.7 Å². The first-order valence-corrected chi connectivity index (χ1v) is 10.6. The number of piperidine rings is 1. The average molecular weight is 334 g/mol. The fourth-order valence-electron chi connectivity index (χ4n) is 6.18. The summed E-state index contributed by atoms with van der Waals surface area (Å²) in [6.45, 7) is 15.8. The van der Waals surface area contributed by atoms with Crippen LogP contribution in [0.15, 0.2) is 0 Å². The van der Waals surface area contributed by atoms with Crippen molar-refractivity contribution in [2.45, 2.75) is 52.4 Å². The van der Waals surface area contributed by atoms with E-state index in [4.69, 9.17) is 0 Å². The first-order chi connectivity index (χ1) is 11.5. The number of nitrogens with zero attached hydrogens (tertiary/aromatic N) is 3. The van der Waals surface area contributed by atoms with Gasteiger partial charge in [0.15, 0.2) is 0 Å². The third kappa shape index (κ3) is 3.83. The fourth-order valence-corrected chi connectivity index (χ4v) is 6.18. The molecule has 0 amide bonds. The molecule has 0 bridgehead atoms. The zero-order valence-corrected chi connectivity index (χ0v) is 16.4. The van der Waals surface area contributed by atoms with E-state index in [1.807, 2.05) is 0 Å². The Morgan fingerprint density at radius 1 is 0.917 bits per heavy atom. The summed E-state index contributed by atoms with van der Waals surface area (Å²) in [5.74, 6) is 1.84. The van der Waals surface area contributed by atoms with Gasteiger partial charge in [0.05, 0.1) is 0 Å². The Labute approximate surface area is 149 Å². The summed E-state index contributed by atoms with van der Waals surface area (Å²) >= 11 is 0. The minimum Gasteiger partial charge on any atom is -0.305 e. The second kappa shape index (κ2) is 6.55. The van der Waals surface area contributed by atoms with E-state index >= 15 is 0 Å². The van der Waals surface area contributed by atoms with Gasteiger partial charge in [0.25, 0.3) is 0 Å². The highest BCUT2D eigenvalue weighted by atomic mass is 15.3. The molecule has 0 aromatic carbocycles. The third-order valence-electron chi connectivity index (χ3n) is 7.31. The third-order valence-corrected chi connectivity index (χ3v) is 7.31. The molecule has 0 unspecified atom stereocenters. The molecule has 0 aromatic heterocycles. The molecule has 3 nitrogen and oxygen atoms in total. The summed E-state index contributed by atoms with van der Waals surface area (Å²) < 4.78 is 0. The van der Waals surface area contributed by atoms with Crippen molar-refractivity contribution in [1.29, 1.82) is 0 Å². The molecule has 0 N–H and O–H groups in total. The maximum absolute atomic E-state index is 2.80. The van der Waals surface area contributed by atoms with Crippen LogP contribution < -0.4 is 0 Å². The van der Waals surface area contributed by atoms with Crippen molar-refractivity contribution in [3.63, 3.8) is 0 Å². The summed E-state index contributed by atoms with van der Waals surface area (Å²) in [6, 6.07) is 0. The molecule has 4 fully saturated rings. The highest BCUT2D eigenvalue weighted by molar-refractivity contribution is 5.01. The van der Waals surface area contributed by atoms with E-state index in [1.165, 1.54) is 90.9 Å². The van der Waals surface area contributed by atoms with Gasteiger partial charge in [0, 0.05) is 38.1 Å². The molecule has 0 radical (unpaired) electrons. The van der Waals surface area contributed by atoms with Crippen molar-refractivity contribution in [3.05, 3.63) is 0 Å². The van der Waals surface area contributed by atoms with Crippen LogP contribution in [0.1, 0.15) is 52.4 Å². The average Bonchev–Trinajstić information content (AvgIpc) is 3.10. The molecule has 1 saturated carbocycles. The summed E-state index contributed by atoms with van der Waals surface area (Å²) in [6.07, 6.45) is 8.79. The van der Waals surface area contributed by atoms with Crippen LogP contribution in [0.3, 0.4) is 0 Å². The van der Waals surface area contributed by atoms with E-state index in [0.717, 1.165) is 17.3 Å². The van der Waals surface area contributed by atoms with E-state index in [9.17, 15) is 0 Å². The lowest BCUT2D eigenvalue weighted by atomic mass is 9.79. The largest absolute Gasteiger partial charge is 0.305 e. The Bertz CT molecular complexity index is 428. The topological polar surface area (TPSA) is 9.72 Å². The predicted octanol–water partition coefficient (Wildman–Crippen LogP) is 3.16. The molecule has 1 aliphatic carbocycles. The van der Waals surface area contributed by atoms with Crippen molar-refractivity contribution in [2.24, 2.45) is 22.7 Å². The van der Waals surface area contributed by atoms with Gasteiger partial charge in [-0.3, -0.25) is 0 Å². The molecule has 3 aliphatic heterocycles. The monoisotopic (exact) mass is 333 g/mol. The molecule has 0 atom stereocenters. The van der Waals surface area contributed by atoms with Gasteiger partial charge in [-0.05, 0) is 82.5 Å². The van der Waals surface area contributed by atoms with Crippen molar-refractivity contribution >= 4 is 0 Å². The van der Waals surface area contributed by atoms with Gasteiger partial charge in [-0.25, -0.2) is 0 Å². The summed E-state index contributed by atoms with van der Waals surface area (Å²) in [7, 11) is 2.27. The van der Waals surface area contributed by atoms with E-state index in [0.29, 0.717) is 5.41 Å². The van der Waals surface area contributed by atoms with Crippen LogP contribution in [-0.2, 0) is 0 Å². The van der Waals surface area contributed by atoms with E-state index in [1.54, 1.807) is 0 Å². The Hall–Kier alpha value is -0.120. The van der Waals surface area contributed by atoms with E-state index in [2.05, 4.69) is 35.6 Å². The number of hydrogen-bond acceptors (Lipinski definition) is 3. The second-order valence-electron chi connectivity index (χ2n) is 10.5. The molecular formula is C21H39N3. The van der Waals surface area contributed by atoms with Gasteiger partial charge in [-0.15, -0.1) is 0 Å². The molecule has 3 heterocycles. The molecule has 1 spiro atoms. The van der Waals surface area contributed by atoms with E-state index in [-0.39, 0.29) is 0 Å². The van der Waals surface area contributed by atoms with Gasteiger partial charge in [0.1, 0.15) is 0 Å². The summed E-state index contributed by atoms with van der Waals surface area (Å²) in [5.41, 5.74) is 1.41. The Balaban J connectivity index is 1.17. The molecule has 4 rings (SSSR count). The second-order valence-corrected chi connectivity index (χ2v) is 10.5. The zero-order chi connectivity index (χ0) is 16.8. The Morgan fingerprint density at radius 2 is 1.62 bits per heavy atom. The van der Waals surface area contributed by atoms with Crippen molar-refractivity contribution in [2.75, 3.05) is 59.4 Å². The fraction of sp³-hybridized carbons (Fsp3) is 1.00. The normalized spacial score (nSPS) is 31.0. The first kappa shape index (κ1) is 17.3. The van der Waals surface area contributed by atoms with Crippen LogP contribution in [0.5, 0.6) is 0 Å². The lowest BCUT2D eigenvalue weighted by Gasteiger charge is -2.46. The van der Waals surface area contributed by atoms with Crippen LogP contribution in [0.2, 0.25) is 0 Å². The lowest BCUT2D eigenvalue weighted by Crippen LogP contribution is -2.55. The Kier molecular flexibility index (Phi) is 4.73. The quantitative estimate of drug-likeness (QED) is 0.739. The minimum atomic E-state index is 0.685. The Morgan fingerprint density at radius 3 is 2.21 bits per heavy atom. The minimum absolute atomic E-state index is 0.685. The standard InChI is InChI=1S/C21H39N3/c1-18(2)12-20(6-7-20)16-23-9-4-19(5-10-23)13-24-11-8-21(17-24)14-22(3)15-21/h18-19H,4-17H2,1-3H3. The maximum Gasteiger partial charge on any atom is 0.00966 e. The number of hydrogen-bond donors (Lipinski definition) is 0. The molecule has 138 valence electrons. The van der Waals surface area contributed by atoms with Gasteiger partial charge in [0.2, 0.25) is 0 Å². The van der Waals surface area contributed by atoms with Crippen molar-refractivity contribution < 1.29 is 0 Å². The molecule has 24 heavy (non-hydrogen) atoms. The van der Waals surface area contributed by atoms with Gasteiger partial charge >= 0.3 is 0 Å². The highest BCUT2D eigenvalue weighted by Crippen LogP contribution is 2.51. The summed E-state index contributed by atoms with van der Waals surface area (Å²) in [5, 5.41) is 0. The van der Waals surface area contributed by atoms with Crippen LogP contribution >= 0.6 is 0 Å². The first-order valence-electron chi connectivity index (χ1n) is 10.6. The smallest absolute Gasteiger partial charge is 0.00966 e.